The van der Waals surface area contributed by atoms with Crippen molar-refractivity contribution in [2.45, 2.75) is 21.3 Å². The third kappa shape index (κ3) is 3.93. The van der Waals surface area contributed by atoms with Crippen LogP contribution >= 0.6 is 11.6 Å². The van der Waals surface area contributed by atoms with Crippen LogP contribution in [-0.2, 0) is 21.4 Å². The summed E-state index contributed by atoms with van der Waals surface area (Å²) in [7, 11) is -4.19. The molecule has 4 rings (SSSR count). The number of hydrogen-bond acceptors (Lipinski definition) is 4. The van der Waals surface area contributed by atoms with E-state index in [1.54, 1.807) is 6.07 Å². The van der Waals surface area contributed by atoms with Crippen molar-refractivity contribution in [1.82, 2.24) is 14.6 Å². The van der Waals surface area contributed by atoms with Gasteiger partial charge in [0, 0.05) is 5.56 Å². The minimum Gasteiger partial charge on any atom is -0.227 e. The molecule has 0 saturated heterocycles. The smallest absolute Gasteiger partial charge is 0.227 e. The van der Waals surface area contributed by atoms with Gasteiger partial charge in [0.25, 0.3) is 0 Å². The number of rotatable bonds is 4. The van der Waals surface area contributed by atoms with Crippen LogP contribution in [0.5, 0.6) is 0 Å². The predicted octanol–water partition coefficient (Wildman–Crippen LogP) is 5.54. The minimum atomic E-state index is -4.59. The number of alkyl halides is 6. The fraction of sp³-hybridized carbons (Fsp3) is 0.100. The lowest BCUT2D eigenvalue weighted by Gasteiger charge is -2.13. The van der Waals surface area contributed by atoms with E-state index in [0.717, 1.165) is 36.5 Å². The number of hydrogen-bond donors (Lipinski definition) is 0. The van der Waals surface area contributed by atoms with Gasteiger partial charge in [-0.1, -0.05) is 30.3 Å². The molecule has 0 fully saturated rings. The third-order valence-electron chi connectivity index (χ3n) is 4.58. The van der Waals surface area contributed by atoms with Gasteiger partial charge in [-0.25, -0.2) is 17.9 Å². The minimum absolute atomic E-state index is 0.0481. The first-order valence-electron chi connectivity index (χ1n) is 8.83. The van der Waals surface area contributed by atoms with Crippen molar-refractivity contribution in [3.05, 3.63) is 78.1 Å². The number of nitrogens with zero attached hydrogens (tertiary/aromatic N) is 3. The van der Waals surface area contributed by atoms with E-state index < -0.39 is 43.2 Å². The lowest BCUT2D eigenvalue weighted by molar-refractivity contribution is -0.137. The lowest BCUT2D eigenvalue weighted by atomic mass is 10.1. The van der Waals surface area contributed by atoms with Gasteiger partial charge in [0.1, 0.15) is 10.6 Å². The Bertz CT molecular complexity index is 1400. The van der Waals surface area contributed by atoms with E-state index in [1.165, 1.54) is 24.3 Å². The molecule has 2 aromatic heterocycles. The highest BCUT2D eigenvalue weighted by Crippen LogP contribution is 2.37. The molecule has 12 heteroatoms. The second kappa shape index (κ2) is 7.52. The van der Waals surface area contributed by atoms with Crippen LogP contribution in [-0.4, -0.2) is 23.0 Å². The highest BCUT2D eigenvalue weighted by atomic mass is 35.5. The average Bonchev–Trinajstić information content (AvgIpc) is 3.17. The number of halogens is 6. The molecule has 0 amide bonds. The second-order valence-electron chi connectivity index (χ2n) is 6.66. The summed E-state index contributed by atoms with van der Waals surface area (Å²) < 4.78 is 93.4. The van der Waals surface area contributed by atoms with Gasteiger partial charge in [-0.2, -0.15) is 27.1 Å². The molecule has 0 bridgehead atoms. The average molecular weight is 488 g/mol. The summed E-state index contributed by atoms with van der Waals surface area (Å²) in [4.78, 5) is 3.54. The Labute approximate surface area is 183 Å². The number of benzene rings is 2. The zero-order chi connectivity index (χ0) is 23.3. The zero-order valence-electron chi connectivity index (χ0n) is 15.7. The molecule has 166 valence electrons. The molecule has 2 aromatic carbocycles. The fourth-order valence-corrected chi connectivity index (χ4v) is 4.50. The van der Waals surface area contributed by atoms with Crippen molar-refractivity contribution >= 4 is 27.1 Å². The Morgan fingerprint density at radius 1 is 0.906 bits per heavy atom. The normalized spacial score (nSPS) is 12.9. The molecule has 0 radical (unpaired) electrons. The molecule has 5 nitrogen and oxygen atoms in total. The Morgan fingerprint density at radius 2 is 1.53 bits per heavy atom. The predicted molar refractivity (Wildman–Crippen MR) is 105 cm³/mol. The van der Waals surface area contributed by atoms with Crippen molar-refractivity contribution in [2.75, 3.05) is 0 Å². The molecular formula is C20H11ClF5N3O2S. The van der Waals surface area contributed by atoms with Crippen LogP contribution in [0.4, 0.5) is 22.0 Å². The van der Waals surface area contributed by atoms with Crippen LogP contribution in [0, 0.1) is 0 Å². The number of sulfone groups is 1. The Kier molecular flexibility index (Phi) is 5.21. The summed E-state index contributed by atoms with van der Waals surface area (Å²) in [5.74, 6) is 0. The molecule has 0 aliphatic rings. The molecule has 0 atom stereocenters. The van der Waals surface area contributed by atoms with Crippen molar-refractivity contribution in [1.29, 1.82) is 0 Å². The molecule has 32 heavy (non-hydrogen) atoms. The Hall–Kier alpha value is -3.05. The zero-order valence-corrected chi connectivity index (χ0v) is 17.3. The van der Waals surface area contributed by atoms with Gasteiger partial charge < -0.3 is 0 Å². The summed E-state index contributed by atoms with van der Waals surface area (Å²) in [6.45, 7) is 0. The molecule has 2 heterocycles. The van der Waals surface area contributed by atoms with Crippen LogP contribution in [0.15, 0.2) is 76.7 Å². The first-order chi connectivity index (χ1) is 14.9. The van der Waals surface area contributed by atoms with Crippen LogP contribution in [0.3, 0.4) is 0 Å². The molecule has 4 aromatic rings. The SMILES string of the molecule is O=S(=O)(c1ccccc1)c1cnn2c(C(F)(F)Cl)cc(-c3ccc(C(F)(F)F)cc3)nc12. The molecule has 0 aliphatic heterocycles. The Balaban J connectivity index is 1.96. The Morgan fingerprint density at radius 3 is 2.09 bits per heavy atom. The maximum absolute atomic E-state index is 14.1. The summed E-state index contributed by atoms with van der Waals surface area (Å²) in [6, 6.07) is 11.6. The summed E-state index contributed by atoms with van der Waals surface area (Å²) in [5.41, 5.74) is -2.43. The molecule has 0 N–H and O–H groups in total. The van der Waals surface area contributed by atoms with Gasteiger partial charge >= 0.3 is 11.6 Å². The number of aromatic nitrogens is 3. The lowest BCUT2D eigenvalue weighted by Crippen LogP contribution is -2.13. The maximum Gasteiger partial charge on any atom is 0.416 e. The first-order valence-corrected chi connectivity index (χ1v) is 10.7. The van der Waals surface area contributed by atoms with Crippen LogP contribution in [0.1, 0.15) is 11.3 Å². The maximum atomic E-state index is 14.1. The van der Waals surface area contributed by atoms with Crippen molar-refractivity contribution in [3.8, 4) is 11.3 Å². The van der Waals surface area contributed by atoms with Gasteiger partial charge in [-0.15, -0.1) is 0 Å². The third-order valence-corrected chi connectivity index (χ3v) is 6.53. The molecule has 0 saturated carbocycles. The highest BCUT2D eigenvalue weighted by Gasteiger charge is 2.35. The van der Waals surface area contributed by atoms with Gasteiger partial charge in [0.05, 0.1) is 22.3 Å². The largest absolute Gasteiger partial charge is 0.416 e. The monoisotopic (exact) mass is 487 g/mol. The van der Waals surface area contributed by atoms with Gasteiger partial charge in [0.2, 0.25) is 9.84 Å². The fourth-order valence-electron chi connectivity index (χ4n) is 3.04. The molecule has 0 spiro atoms. The highest BCUT2D eigenvalue weighted by molar-refractivity contribution is 7.91. The van der Waals surface area contributed by atoms with Crippen LogP contribution in [0.25, 0.3) is 16.9 Å². The van der Waals surface area contributed by atoms with E-state index in [-0.39, 0.29) is 16.2 Å². The van der Waals surface area contributed by atoms with Gasteiger partial charge in [-0.3, -0.25) is 0 Å². The molecule has 0 aliphatic carbocycles. The van der Waals surface area contributed by atoms with Gasteiger partial charge in [0.15, 0.2) is 5.65 Å². The summed E-state index contributed by atoms with van der Waals surface area (Å²) >= 11 is 5.20. The number of fused-ring (bicyclic) bond motifs is 1. The van der Waals surface area contributed by atoms with E-state index >= 15 is 0 Å². The van der Waals surface area contributed by atoms with Gasteiger partial charge in [-0.05, 0) is 41.9 Å². The standard InChI is InChI=1S/C20H11ClF5N3O2S/c21-19(22,23)17-10-15(12-6-8-13(9-7-12)20(24,25)26)28-18-16(11-27-29(17)18)32(30,31)14-4-2-1-3-5-14/h1-11H. The molecule has 0 unspecified atom stereocenters. The van der Waals surface area contributed by atoms with E-state index in [2.05, 4.69) is 10.1 Å². The van der Waals surface area contributed by atoms with E-state index in [0.29, 0.717) is 4.52 Å². The second-order valence-corrected chi connectivity index (χ2v) is 9.05. The van der Waals surface area contributed by atoms with E-state index in [1.807, 2.05) is 0 Å². The summed E-state index contributed by atoms with van der Waals surface area (Å²) in [6.07, 6.45) is -3.72. The van der Waals surface area contributed by atoms with Crippen molar-refractivity contribution in [3.63, 3.8) is 0 Å². The molecular weight excluding hydrogens is 477 g/mol. The topological polar surface area (TPSA) is 64.3 Å². The van der Waals surface area contributed by atoms with E-state index in [9.17, 15) is 30.4 Å². The first kappa shape index (κ1) is 22.2. The summed E-state index contributed by atoms with van der Waals surface area (Å²) in [5, 5.41) is -0.251. The van der Waals surface area contributed by atoms with Crippen molar-refractivity contribution in [2.24, 2.45) is 0 Å². The van der Waals surface area contributed by atoms with Crippen LogP contribution < -0.4 is 0 Å². The van der Waals surface area contributed by atoms with Crippen molar-refractivity contribution < 1.29 is 30.4 Å². The quantitative estimate of drug-likeness (QED) is 0.280. The van der Waals surface area contributed by atoms with E-state index in [4.69, 9.17) is 11.6 Å². The van der Waals surface area contributed by atoms with Crippen LogP contribution in [0.2, 0.25) is 0 Å².